The lowest BCUT2D eigenvalue weighted by atomic mass is 9.45. The number of carbonyl (C=O) groups excluding carboxylic acids is 1. The highest BCUT2D eigenvalue weighted by Gasteiger charge is 2.68. The summed E-state index contributed by atoms with van der Waals surface area (Å²) in [4.78, 5) is 11.5. The Hall–Kier alpha value is -1.17. The molecule has 0 aromatic heterocycles. The minimum absolute atomic E-state index is 0.202. The quantitative estimate of drug-likeness (QED) is 0.475. The maximum absolute atomic E-state index is 12.3. The number of hydrogen-bond donors (Lipinski definition) is 3. The molecule has 3 N–H and O–H groups in total. The van der Waals surface area contributed by atoms with Gasteiger partial charge < -0.3 is 20.1 Å². The van der Waals surface area contributed by atoms with Crippen LogP contribution < -0.4 is 0 Å². The Morgan fingerprint density at radius 1 is 1.18 bits per heavy atom. The summed E-state index contributed by atoms with van der Waals surface area (Å²) in [5.41, 5.74) is -0.397. The van der Waals surface area contributed by atoms with Crippen molar-refractivity contribution in [1.82, 2.24) is 0 Å². The van der Waals surface area contributed by atoms with Gasteiger partial charge in [0.15, 0.2) is 0 Å². The van der Waals surface area contributed by atoms with E-state index in [2.05, 4.69) is 33.8 Å². The van der Waals surface area contributed by atoms with Crippen molar-refractivity contribution in [1.29, 1.82) is 0 Å². The lowest BCUT2D eigenvalue weighted by Gasteiger charge is -2.63. The summed E-state index contributed by atoms with van der Waals surface area (Å²) in [6, 6.07) is 0. The van der Waals surface area contributed by atoms with Crippen LogP contribution in [0.2, 0.25) is 0 Å². The summed E-state index contributed by atoms with van der Waals surface area (Å²) in [5.74, 6) is 1.09. The van der Waals surface area contributed by atoms with Crippen LogP contribution >= 0.6 is 0 Å². The Kier molecular flexibility index (Phi) is 6.89. The van der Waals surface area contributed by atoms with Crippen LogP contribution in [0, 0.1) is 34.5 Å². The minimum Gasteiger partial charge on any atom is -0.463 e. The van der Waals surface area contributed by atoms with Crippen molar-refractivity contribution in [3.8, 4) is 0 Å². The molecule has 34 heavy (non-hydrogen) atoms. The fraction of sp³-hybridized carbons (Fsp3) is 0.828. The molecule has 0 aromatic carbocycles. The summed E-state index contributed by atoms with van der Waals surface area (Å²) in [6.45, 7) is 12.6. The van der Waals surface area contributed by atoms with E-state index in [0.717, 1.165) is 17.6 Å². The van der Waals surface area contributed by atoms with Gasteiger partial charge in [-0.15, -0.1) is 0 Å². The lowest BCUT2D eigenvalue weighted by molar-refractivity contribution is -0.210. The first-order valence-corrected chi connectivity index (χ1v) is 13.5. The predicted molar refractivity (Wildman–Crippen MR) is 133 cm³/mol. The normalized spacial score (nSPS) is 44.5. The van der Waals surface area contributed by atoms with Crippen LogP contribution in [0.4, 0.5) is 0 Å². The van der Waals surface area contributed by atoms with E-state index in [4.69, 9.17) is 4.74 Å². The predicted octanol–water partition coefficient (Wildman–Crippen LogP) is 4.94. The number of esters is 1. The Morgan fingerprint density at radius 2 is 1.88 bits per heavy atom. The second kappa shape index (κ2) is 9.05. The molecule has 192 valence electrons. The fourth-order valence-electron chi connectivity index (χ4n) is 8.29. The molecule has 2 saturated carbocycles. The average molecular weight is 475 g/mol. The van der Waals surface area contributed by atoms with E-state index in [1.165, 1.54) is 26.2 Å². The molecule has 9 atom stereocenters. The molecule has 2 fully saturated rings. The molecule has 4 aliphatic carbocycles. The number of ether oxygens (including phenoxy) is 1. The first-order chi connectivity index (χ1) is 15.8. The van der Waals surface area contributed by atoms with Crippen LogP contribution in [0.25, 0.3) is 0 Å². The number of fused-ring (bicyclic) bond motifs is 5. The maximum Gasteiger partial charge on any atom is 0.302 e. The van der Waals surface area contributed by atoms with Gasteiger partial charge in [0.2, 0.25) is 0 Å². The molecule has 5 heteroatoms. The van der Waals surface area contributed by atoms with Crippen LogP contribution in [0.5, 0.6) is 0 Å². The van der Waals surface area contributed by atoms with Crippen molar-refractivity contribution < 1.29 is 24.9 Å². The standard InChI is InChI=1S/C29H46O5/c1-17(2)8-7-9-18(3)21-10-11-22-23-15-25(31)24-14-20(34-19(4)30)12-13-28(24,6)29(23,33)26(32)16-27(21,22)5/h11,15,17-18,20-21,24-26,31-33H,7-10,12-14,16H2,1-6H3. The Balaban J connectivity index is 1.63. The third kappa shape index (κ3) is 3.90. The highest BCUT2D eigenvalue weighted by Crippen LogP contribution is 2.66. The van der Waals surface area contributed by atoms with Crippen LogP contribution in [0.1, 0.15) is 92.9 Å². The van der Waals surface area contributed by atoms with Gasteiger partial charge in [0.05, 0.1) is 12.2 Å². The second-order valence-electron chi connectivity index (χ2n) is 12.8. The van der Waals surface area contributed by atoms with Gasteiger partial charge in [-0.2, -0.15) is 0 Å². The molecule has 9 unspecified atom stereocenters. The van der Waals surface area contributed by atoms with Crippen LogP contribution in [0.15, 0.2) is 23.3 Å². The summed E-state index contributed by atoms with van der Waals surface area (Å²) in [7, 11) is 0. The topological polar surface area (TPSA) is 87.0 Å². The van der Waals surface area contributed by atoms with E-state index in [0.29, 0.717) is 43.4 Å². The number of aliphatic hydroxyl groups excluding tert-OH is 2. The van der Waals surface area contributed by atoms with E-state index in [9.17, 15) is 20.1 Å². The molecule has 0 aliphatic heterocycles. The molecule has 0 spiro atoms. The number of aliphatic hydroxyl groups is 3. The average Bonchev–Trinajstić information content (AvgIpc) is 3.07. The van der Waals surface area contributed by atoms with Gasteiger partial charge in [0.25, 0.3) is 0 Å². The number of hydrogen-bond acceptors (Lipinski definition) is 5. The molecule has 0 heterocycles. The molecule has 0 aromatic rings. The van der Waals surface area contributed by atoms with Crippen LogP contribution in [0.3, 0.4) is 0 Å². The zero-order chi connectivity index (χ0) is 25.1. The lowest BCUT2D eigenvalue weighted by Crippen LogP contribution is -2.68. The van der Waals surface area contributed by atoms with E-state index in [-0.39, 0.29) is 23.4 Å². The van der Waals surface area contributed by atoms with E-state index in [1.54, 1.807) is 0 Å². The third-order valence-electron chi connectivity index (χ3n) is 10.2. The summed E-state index contributed by atoms with van der Waals surface area (Å²) >= 11 is 0. The van der Waals surface area contributed by atoms with E-state index >= 15 is 0 Å². The molecule has 5 nitrogen and oxygen atoms in total. The highest BCUT2D eigenvalue weighted by molar-refractivity contribution is 5.66. The summed E-state index contributed by atoms with van der Waals surface area (Å²) in [6.07, 6.45) is 9.08. The maximum atomic E-state index is 12.3. The van der Waals surface area contributed by atoms with Crippen molar-refractivity contribution in [3.05, 3.63) is 23.3 Å². The van der Waals surface area contributed by atoms with Crippen molar-refractivity contribution >= 4 is 5.97 Å². The Labute approximate surface area is 205 Å². The van der Waals surface area contributed by atoms with Crippen LogP contribution in [-0.4, -0.2) is 45.2 Å². The van der Waals surface area contributed by atoms with Gasteiger partial charge in [-0.25, -0.2) is 0 Å². The summed E-state index contributed by atoms with van der Waals surface area (Å²) < 4.78 is 5.48. The zero-order valence-electron chi connectivity index (χ0n) is 22.0. The molecule has 0 amide bonds. The molecule has 4 rings (SSSR count). The first-order valence-electron chi connectivity index (χ1n) is 13.5. The monoisotopic (exact) mass is 474 g/mol. The number of carbonyl (C=O) groups is 1. The van der Waals surface area contributed by atoms with Gasteiger partial charge in [0.1, 0.15) is 11.7 Å². The molecule has 0 bridgehead atoms. The van der Waals surface area contributed by atoms with Crippen molar-refractivity contribution in [2.45, 2.75) is 117 Å². The van der Waals surface area contributed by atoms with Crippen molar-refractivity contribution in [3.63, 3.8) is 0 Å². The molecule has 0 radical (unpaired) electrons. The first kappa shape index (κ1) is 25.9. The fourth-order valence-corrected chi connectivity index (χ4v) is 8.29. The molecule has 0 saturated heterocycles. The third-order valence-corrected chi connectivity index (χ3v) is 10.2. The van der Waals surface area contributed by atoms with Gasteiger partial charge in [-0.3, -0.25) is 4.79 Å². The second-order valence-corrected chi connectivity index (χ2v) is 12.8. The Bertz CT molecular complexity index is 861. The summed E-state index contributed by atoms with van der Waals surface area (Å²) in [5, 5.41) is 35.2. The SMILES string of the molecule is CC(=O)OC1CCC2(C)C(C1)C(O)C=C1C3=CCC(C(C)CCCC(C)C)C3(C)CC(O)C12O. The number of rotatable bonds is 6. The van der Waals surface area contributed by atoms with E-state index < -0.39 is 23.2 Å². The number of allylic oxidation sites excluding steroid dienone is 1. The van der Waals surface area contributed by atoms with Gasteiger partial charge in [0, 0.05) is 18.3 Å². The minimum atomic E-state index is -1.40. The van der Waals surface area contributed by atoms with Crippen molar-refractivity contribution in [2.24, 2.45) is 34.5 Å². The van der Waals surface area contributed by atoms with Gasteiger partial charge >= 0.3 is 5.97 Å². The molecule has 4 aliphatic rings. The Morgan fingerprint density at radius 3 is 2.53 bits per heavy atom. The molecular weight excluding hydrogens is 428 g/mol. The van der Waals surface area contributed by atoms with Crippen molar-refractivity contribution in [2.75, 3.05) is 0 Å². The van der Waals surface area contributed by atoms with E-state index in [1.807, 2.05) is 13.0 Å². The van der Waals surface area contributed by atoms with Gasteiger partial charge in [-0.1, -0.05) is 60.0 Å². The largest absolute Gasteiger partial charge is 0.463 e. The highest BCUT2D eigenvalue weighted by atomic mass is 16.5. The zero-order valence-corrected chi connectivity index (χ0v) is 22.0. The van der Waals surface area contributed by atoms with Crippen LogP contribution in [-0.2, 0) is 9.53 Å². The van der Waals surface area contributed by atoms with Gasteiger partial charge in [-0.05, 0) is 72.5 Å². The molecular formula is C29H46O5. The smallest absolute Gasteiger partial charge is 0.302 e.